The second kappa shape index (κ2) is 4.84. The summed E-state index contributed by atoms with van der Waals surface area (Å²) in [5.74, 6) is 0.293. The molecule has 0 aromatic carbocycles. The quantitative estimate of drug-likeness (QED) is 0.641. The van der Waals surface area contributed by atoms with Crippen molar-refractivity contribution in [1.29, 1.82) is 5.26 Å². The molecule has 1 aliphatic rings. The molecule has 3 rings (SSSR count). The zero-order chi connectivity index (χ0) is 16.1. The van der Waals surface area contributed by atoms with E-state index in [4.69, 9.17) is 10.00 Å². The van der Waals surface area contributed by atoms with Crippen molar-refractivity contribution in [3.63, 3.8) is 0 Å². The van der Waals surface area contributed by atoms with Crippen molar-refractivity contribution >= 4 is 11.2 Å². The maximum atomic E-state index is 14.3. The standard InChI is InChI=1S/C12H12FN5O4/c1-5-16-9-7(10(21)17-5)15-4-18(9)11-6(13)8(20)12(2-14,3-19)22-11/h4,6,8,11,19-20H,3H2,1H3,(H,16,17,21)/t6-,8+,11-,12-/m1/s1. The molecule has 0 spiro atoms. The van der Waals surface area contributed by atoms with Gasteiger partial charge in [-0.15, -0.1) is 0 Å². The number of rotatable bonds is 2. The summed E-state index contributed by atoms with van der Waals surface area (Å²) in [7, 11) is 0. The smallest absolute Gasteiger partial charge is 0.279 e. The lowest BCUT2D eigenvalue weighted by Crippen LogP contribution is -2.44. The summed E-state index contributed by atoms with van der Waals surface area (Å²) in [5.41, 5.74) is -2.53. The number of nitrogens with one attached hydrogen (secondary N) is 1. The van der Waals surface area contributed by atoms with Gasteiger partial charge in [0.05, 0.1) is 12.9 Å². The first-order valence-corrected chi connectivity index (χ1v) is 6.39. The van der Waals surface area contributed by atoms with Crippen LogP contribution in [0.1, 0.15) is 12.1 Å². The molecule has 116 valence electrons. The van der Waals surface area contributed by atoms with E-state index in [2.05, 4.69) is 15.0 Å². The van der Waals surface area contributed by atoms with E-state index < -0.39 is 36.3 Å². The van der Waals surface area contributed by atoms with Crippen LogP contribution in [0, 0.1) is 18.3 Å². The van der Waals surface area contributed by atoms with Crippen LogP contribution < -0.4 is 5.56 Å². The lowest BCUT2D eigenvalue weighted by Gasteiger charge is -2.20. The number of alkyl halides is 1. The Hall–Kier alpha value is -2.35. The van der Waals surface area contributed by atoms with Crippen LogP contribution in [0.4, 0.5) is 4.39 Å². The van der Waals surface area contributed by atoms with Crippen molar-refractivity contribution in [3.05, 3.63) is 22.5 Å². The first kappa shape index (κ1) is 14.6. The zero-order valence-corrected chi connectivity index (χ0v) is 11.4. The minimum absolute atomic E-state index is 0.0191. The Balaban J connectivity index is 2.13. The van der Waals surface area contributed by atoms with E-state index in [0.717, 1.165) is 10.9 Å². The molecule has 0 amide bonds. The third kappa shape index (κ3) is 1.83. The van der Waals surface area contributed by atoms with Crippen molar-refractivity contribution in [3.8, 4) is 6.07 Å². The number of halogens is 1. The summed E-state index contributed by atoms with van der Waals surface area (Å²) >= 11 is 0. The Morgan fingerprint density at radius 1 is 1.68 bits per heavy atom. The van der Waals surface area contributed by atoms with Gasteiger partial charge in [0.1, 0.15) is 18.0 Å². The van der Waals surface area contributed by atoms with Gasteiger partial charge in [0.2, 0.25) is 5.60 Å². The second-order valence-electron chi connectivity index (χ2n) is 5.03. The first-order valence-electron chi connectivity index (χ1n) is 6.39. The largest absolute Gasteiger partial charge is 0.392 e. The third-order valence-corrected chi connectivity index (χ3v) is 3.63. The molecule has 22 heavy (non-hydrogen) atoms. The molecule has 0 unspecified atom stereocenters. The topological polar surface area (TPSA) is 137 Å². The average molecular weight is 309 g/mol. The number of fused-ring (bicyclic) bond motifs is 1. The van der Waals surface area contributed by atoms with Crippen LogP contribution in [0.5, 0.6) is 0 Å². The van der Waals surface area contributed by atoms with Crippen LogP contribution in [0.15, 0.2) is 11.1 Å². The zero-order valence-electron chi connectivity index (χ0n) is 11.4. The number of H-pyrrole nitrogens is 1. The summed E-state index contributed by atoms with van der Waals surface area (Å²) < 4.78 is 20.7. The number of nitrogens with zero attached hydrogens (tertiary/aromatic N) is 4. The number of ether oxygens (including phenoxy) is 1. The number of hydrogen-bond donors (Lipinski definition) is 3. The molecule has 10 heteroatoms. The Labute approximate surface area is 122 Å². The van der Waals surface area contributed by atoms with Gasteiger partial charge in [-0.25, -0.2) is 14.4 Å². The predicted molar refractivity (Wildman–Crippen MR) is 69.3 cm³/mol. The van der Waals surface area contributed by atoms with Crippen LogP contribution in [-0.4, -0.2) is 54.2 Å². The summed E-state index contributed by atoms with van der Waals surface area (Å²) in [4.78, 5) is 22.1. The number of hydrogen-bond acceptors (Lipinski definition) is 7. The maximum Gasteiger partial charge on any atom is 0.279 e. The molecule has 1 saturated heterocycles. The van der Waals surface area contributed by atoms with Gasteiger partial charge in [-0.3, -0.25) is 9.36 Å². The molecule has 0 bridgehead atoms. The van der Waals surface area contributed by atoms with E-state index in [9.17, 15) is 19.4 Å². The lowest BCUT2D eigenvalue weighted by atomic mass is 9.99. The summed E-state index contributed by atoms with van der Waals surface area (Å²) in [6, 6.07) is 1.59. The van der Waals surface area contributed by atoms with Crippen LogP contribution in [0.2, 0.25) is 0 Å². The molecule has 1 fully saturated rings. The van der Waals surface area contributed by atoms with Gasteiger partial charge in [-0.05, 0) is 6.92 Å². The van der Waals surface area contributed by atoms with E-state index in [0.29, 0.717) is 5.82 Å². The number of aromatic nitrogens is 4. The summed E-state index contributed by atoms with van der Waals surface area (Å²) in [6.45, 7) is 0.671. The van der Waals surface area contributed by atoms with Crippen LogP contribution in [-0.2, 0) is 4.74 Å². The van der Waals surface area contributed by atoms with Crippen LogP contribution in [0.3, 0.4) is 0 Å². The monoisotopic (exact) mass is 309 g/mol. The molecule has 1 aliphatic heterocycles. The molecule has 0 aliphatic carbocycles. The van der Waals surface area contributed by atoms with Crippen LogP contribution >= 0.6 is 0 Å². The molecule has 3 heterocycles. The number of nitriles is 1. The molecule has 0 radical (unpaired) electrons. The van der Waals surface area contributed by atoms with E-state index in [1.807, 2.05) is 0 Å². The van der Waals surface area contributed by atoms with Crippen molar-refractivity contribution in [2.75, 3.05) is 6.61 Å². The Kier molecular flexibility index (Phi) is 3.21. The Bertz CT molecular complexity index is 827. The number of aromatic amines is 1. The summed E-state index contributed by atoms with van der Waals surface area (Å²) in [5, 5.41) is 28.2. The molecule has 2 aromatic rings. The normalized spacial score (nSPS) is 31.5. The van der Waals surface area contributed by atoms with Gasteiger partial charge in [0.15, 0.2) is 23.6 Å². The van der Waals surface area contributed by atoms with Gasteiger partial charge in [0.25, 0.3) is 5.56 Å². The van der Waals surface area contributed by atoms with Crippen molar-refractivity contribution in [1.82, 2.24) is 19.5 Å². The van der Waals surface area contributed by atoms with Crippen molar-refractivity contribution < 1.29 is 19.3 Å². The number of imidazole rings is 1. The highest BCUT2D eigenvalue weighted by Crippen LogP contribution is 2.39. The van der Waals surface area contributed by atoms with E-state index >= 15 is 0 Å². The van der Waals surface area contributed by atoms with Gasteiger partial charge in [0, 0.05) is 0 Å². The Morgan fingerprint density at radius 2 is 2.41 bits per heavy atom. The number of aliphatic hydroxyl groups excluding tert-OH is 2. The lowest BCUT2D eigenvalue weighted by molar-refractivity contribution is -0.0912. The predicted octanol–water partition coefficient (Wildman–Crippen LogP) is -1.09. The molecule has 0 saturated carbocycles. The van der Waals surface area contributed by atoms with E-state index in [1.165, 1.54) is 0 Å². The second-order valence-corrected chi connectivity index (χ2v) is 5.03. The SMILES string of the molecule is Cc1nc2c(ncn2[C@@H]2O[C@](C#N)(CO)[C@@H](O)[C@H]2F)c(=O)[nH]1. The van der Waals surface area contributed by atoms with Crippen LogP contribution in [0.25, 0.3) is 11.2 Å². The molecule has 3 N–H and O–H groups in total. The molecular formula is C12H12FN5O4. The molecule has 4 atom stereocenters. The maximum absolute atomic E-state index is 14.3. The van der Waals surface area contributed by atoms with Gasteiger partial charge >= 0.3 is 0 Å². The highest BCUT2D eigenvalue weighted by Gasteiger charge is 2.56. The van der Waals surface area contributed by atoms with Gasteiger partial charge in [-0.1, -0.05) is 0 Å². The molecular weight excluding hydrogens is 297 g/mol. The van der Waals surface area contributed by atoms with Crippen molar-refractivity contribution in [2.24, 2.45) is 0 Å². The average Bonchev–Trinajstić information content (AvgIpc) is 3.01. The minimum Gasteiger partial charge on any atom is -0.392 e. The fourth-order valence-electron chi connectivity index (χ4n) is 2.45. The molecule has 2 aromatic heterocycles. The first-order chi connectivity index (χ1) is 10.4. The van der Waals surface area contributed by atoms with Gasteiger partial charge < -0.3 is 19.9 Å². The fraction of sp³-hybridized carbons (Fsp3) is 0.500. The number of aliphatic hydroxyl groups is 2. The highest BCUT2D eigenvalue weighted by atomic mass is 19.1. The highest BCUT2D eigenvalue weighted by molar-refractivity contribution is 5.69. The van der Waals surface area contributed by atoms with Crippen molar-refractivity contribution in [2.45, 2.75) is 31.0 Å². The minimum atomic E-state index is -2.07. The van der Waals surface area contributed by atoms with E-state index in [1.54, 1.807) is 13.0 Å². The third-order valence-electron chi connectivity index (χ3n) is 3.63. The molecule has 9 nitrogen and oxygen atoms in total. The summed E-state index contributed by atoms with van der Waals surface area (Å²) in [6.07, 6.45) is -4.12. The fourth-order valence-corrected chi connectivity index (χ4v) is 2.45. The number of aryl methyl sites for hydroxylation is 1. The Morgan fingerprint density at radius 3 is 3.00 bits per heavy atom. The van der Waals surface area contributed by atoms with Gasteiger partial charge in [-0.2, -0.15) is 5.26 Å². The van der Waals surface area contributed by atoms with E-state index in [-0.39, 0.29) is 11.2 Å².